The second-order valence-electron chi connectivity index (χ2n) is 2.23. The van der Waals surface area contributed by atoms with E-state index in [0.29, 0.717) is 0 Å². The standard InChI is InChI=1S/C9H11BrOS/c1-3-12-9-6-7(11-2)4-5-8(9)10/h4-6H,3H2,1-2H3. The summed E-state index contributed by atoms with van der Waals surface area (Å²) in [5.74, 6) is 1.99. The minimum absolute atomic E-state index is 0.911. The zero-order valence-electron chi connectivity index (χ0n) is 7.13. The summed E-state index contributed by atoms with van der Waals surface area (Å²) in [7, 11) is 1.68. The number of halogens is 1. The van der Waals surface area contributed by atoms with Crippen molar-refractivity contribution in [2.45, 2.75) is 11.8 Å². The van der Waals surface area contributed by atoms with Crippen molar-refractivity contribution in [3.8, 4) is 5.75 Å². The molecule has 1 nitrogen and oxygen atoms in total. The van der Waals surface area contributed by atoms with Crippen LogP contribution in [0, 0.1) is 0 Å². The number of thioether (sulfide) groups is 1. The average Bonchev–Trinajstić information content (AvgIpc) is 2.09. The molecule has 12 heavy (non-hydrogen) atoms. The summed E-state index contributed by atoms with van der Waals surface area (Å²) in [6.45, 7) is 2.14. The van der Waals surface area contributed by atoms with E-state index in [-0.39, 0.29) is 0 Å². The molecule has 0 atom stereocenters. The number of rotatable bonds is 3. The highest BCUT2D eigenvalue weighted by molar-refractivity contribution is 9.10. The topological polar surface area (TPSA) is 9.23 Å². The largest absolute Gasteiger partial charge is 0.497 e. The van der Waals surface area contributed by atoms with Gasteiger partial charge in [-0.25, -0.2) is 0 Å². The first kappa shape index (κ1) is 9.93. The van der Waals surface area contributed by atoms with Crippen LogP contribution in [0.25, 0.3) is 0 Å². The quantitative estimate of drug-likeness (QED) is 0.755. The van der Waals surface area contributed by atoms with Crippen LogP contribution >= 0.6 is 27.7 Å². The number of benzene rings is 1. The van der Waals surface area contributed by atoms with Crippen LogP contribution in [0.15, 0.2) is 27.6 Å². The maximum Gasteiger partial charge on any atom is 0.120 e. The van der Waals surface area contributed by atoms with Gasteiger partial charge >= 0.3 is 0 Å². The minimum Gasteiger partial charge on any atom is -0.497 e. The Labute approximate surface area is 85.6 Å². The molecule has 0 heterocycles. The van der Waals surface area contributed by atoms with E-state index in [1.165, 1.54) is 4.90 Å². The van der Waals surface area contributed by atoms with Crippen LogP contribution in [0.5, 0.6) is 5.75 Å². The Morgan fingerprint density at radius 1 is 1.50 bits per heavy atom. The van der Waals surface area contributed by atoms with Gasteiger partial charge in [0.2, 0.25) is 0 Å². The van der Waals surface area contributed by atoms with Gasteiger partial charge in [-0.05, 0) is 39.9 Å². The van der Waals surface area contributed by atoms with Crippen LogP contribution in [0.3, 0.4) is 0 Å². The molecular formula is C9H11BrOS. The molecule has 1 aromatic rings. The van der Waals surface area contributed by atoms with E-state index in [1.54, 1.807) is 18.9 Å². The van der Waals surface area contributed by atoms with E-state index in [4.69, 9.17) is 4.74 Å². The van der Waals surface area contributed by atoms with Gasteiger partial charge < -0.3 is 4.74 Å². The molecule has 0 unspecified atom stereocenters. The minimum atomic E-state index is 0.911. The SMILES string of the molecule is CCSc1cc(OC)ccc1Br. The van der Waals surface area contributed by atoms with Crippen molar-refractivity contribution in [1.82, 2.24) is 0 Å². The predicted molar refractivity (Wildman–Crippen MR) is 57.1 cm³/mol. The van der Waals surface area contributed by atoms with Crippen LogP contribution in [-0.4, -0.2) is 12.9 Å². The zero-order valence-corrected chi connectivity index (χ0v) is 9.54. The molecule has 0 saturated heterocycles. The Bertz CT molecular complexity index is 263. The average molecular weight is 247 g/mol. The van der Waals surface area contributed by atoms with E-state index < -0.39 is 0 Å². The molecule has 1 aromatic carbocycles. The van der Waals surface area contributed by atoms with Gasteiger partial charge in [-0.1, -0.05) is 6.92 Å². The van der Waals surface area contributed by atoms with Crippen LogP contribution in [0.4, 0.5) is 0 Å². The maximum absolute atomic E-state index is 5.12. The number of methoxy groups -OCH3 is 1. The fraction of sp³-hybridized carbons (Fsp3) is 0.333. The van der Waals surface area contributed by atoms with Gasteiger partial charge in [0.05, 0.1) is 7.11 Å². The smallest absolute Gasteiger partial charge is 0.120 e. The lowest BCUT2D eigenvalue weighted by Gasteiger charge is -2.04. The molecule has 3 heteroatoms. The van der Waals surface area contributed by atoms with Crippen LogP contribution in [0.2, 0.25) is 0 Å². The highest BCUT2D eigenvalue weighted by Gasteiger charge is 2.00. The monoisotopic (exact) mass is 246 g/mol. The molecule has 0 aromatic heterocycles. The first-order valence-electron chi connectivity index (χ1n) is 3.74. The molecule has 0 aliphatic heterocycles. The summed E-state index contributed by atoms with van der Waals surface area (Å²) in [6, 6.07) is 6.00. The van der Waals surface area contributed by atoms with Crippen molar-refractivity contribution in [3.05, 3.63) is 22.7 Å². The molecule has 0 radical (unpaired) electrons. The molecule has 0 amide bonds. The highest BCUT2D eigenvalue weighted by atomic mass is 79.9. The van der Waals surface area contributed by atoms with Gasteiger partial charge in [0.25, 0.3) is 0 Å². The third kappa shape index (κ3) is 2.42. The lowest BCUT2D eigenvalue weighted by molar-refractivity contribution is 0.413. The summed E-state index contributed by atoms with van der Waals surface area (Å²) in [5, 5.41) is 0. The molecule has 1 rings (SSSR count). The summed E-state index contributed by atoms with van der Waals surface area (Å²) in [5.41, 5.74) is 0. The Morgan fingerprint density at radius 2 is 2.25 bits per heavy atom. The Morgan fingerprint density at radius 3 is 2.83 bits per heavy atom. The van der Waals surface area contributed by atoms with Crippen molar-refractivity contribution < 1.29 is 4.74 Å². The highest BCUT2D eigenvalue weighted by Crippen LogP contribution is 2.30. The first-order valence-corrected chi connectivity index (χ1v) is 5.52. The normalized spacial score (nSPS) is 9.92. The van der Waals surface area contributed by atoms with Gasteiger partial charge in [0.15, 0.2) is 0 Å². The third-order valence-electron chi connectivity index (χ3n) is 1.44. The molecule has 0 N–H and O–H groups in total. The van der Waals surface area contributed by atoms with Gasteiger partial charge in [0.1, 0.15) is 5.75 Å². The summed E-state index contributed by atoms with van der Waals surface area (Å²) in [4.78, 5) is 1.23. The fourth-order valence-electron chi connectivity index (χ4n) is 0.877. The Balaban J connectivity index is 2.91. The number of ether oxygens (including phenoxy) is 1. The lowest BCUT2D eigenvalue weighted by atomic mass is 10.3. The molecule has 0 fully saturated rings. The molecule has 0 bridgehead atoms. The van der Waals surface area contributed by atoms with Gasteiger partial charge in [-0.15, -0.1) is 11.8 Å². The zero-order chi connectivity index (χ0) is 8.97. The van der Waals surface area contributed by atoms with Crippen LogP contribution < -0.4 is 4.74 Å². The molecule has 0 aliphatic carbocycles. The van der Waals surface area contributed by atoms with Crippen LogP contribution in [-0.2, 0) is 0 Å². The maximum atomic E-state index is 5.12. The molecule has 0 spiro atoms. The third-order valence-corrected chi connectivity index (χ3v) is 3.33. The number of hydrogen-bond donors (Lipinski definition) is 0. The Kier molecular flexibility index (Phi) is 3.95. The Hall–Kier alpha value is -0.150. The van der Waals surface area contributed by atoms with Crippen LogP contribution in [0.1, 0.15) is 6.92 Å². The number of hydrogen-bond acceptors (Lipinski definition) is 2. The van der Waals surface area contributed by atoms with Crippen molar-refractivity contribution >= 4 is 27.7 Å². The van der Waals surface area contributed by atoms with Crippen molar-refractivity contribution in [3.63, 3.8) is 0 Å². The van der Waals surface area contributed by atoms with E-state index in [1.807, 2.05) is 18.2 Å². The van der Waals surface area contributed by atoms with E-state index in [9.17, 15) is 0 Å². The summed E-state index contributed by atoms with van der Waals surface area (Å²) >= 11 is 5.29. The first-order chi connectivity index (χ1) is 5.77. The summed E-state index contributed by atoms with van der Waals surface area (Å²) < 4.78 is 6.26. The van der Waals surface area contributed by atoms with Crippen molar-refractivity contribution in [2.24, 2.45) is 0 Å². The predicted octanol–water partition coefficient (Wildman–Crippen LogP) is 3.57. The second-order valence-corrected chi connectivity index (χ2v) is 4.39. The lowest BCUT2D eigenvalue weighted by Crippen LogP contribution is -1.83. The fourth-order valence-corrected chi connectivity index (χ4v) is 2.18. The van der Waals surface area contributed by atoms with Crippen molar-refractivity contribution in [2.75, 3.05) is 12.9 Å². The molecule has 66 valence electrons. The van der Waals surface area contributed by atoms with Gasteiger partial charge in [0, 0.05) is 9.37 Å². The van der Waals surface area contributed by atoms with E-state index in [0.717, 1.165) is 16.0 Å². The van der Waals surface area contributed by atoms with Crippen molar-refractivity contribution in [1.29, 1.82) is 0 Å². The molecule has 0 aliphatic rings. The van der Waals surface area contributed by atoms with Gasteiger partial charge in [-0.3, -0.25) is 0 Å². The van der Waals surface area contributed by atoms with E-state index in [2.05, 4.69) is 22.9 Å². The van der Waals surface area contributed by atoms with E-state index >= 15 is 0 Å². The summed E-state index contributed by atoms with van der Waals surface area (Å²) in [6.07, 6.45) is 0. The molecular weight excluding hydrogens is 236 g/mol. The van der Waals surface area contributed by atoms with Gasteiger partial charge in [-0.2, -0.15) is 0 Å². The molecule has 0 saturated carbocycles. The second kappa shape index (κ2) is 4.77.